The molecule has 0 amide bonds. The van der Waals surface area contributed by atoms with Crippen LogP contribution in [0.5, 0.6) is 0 Å². The van der Waals surface area contributed by atoms with Gasteiger partial charge >= 0.3 is 0 Å². The summed E-state index contributed by atoms with van der Waals surface area (Å²) >= 11 is 0. The van der Waals surface area contributed by atoms with Crippen LogP contribution >= 0.6 is 0 Å². The van der Waals surface area contributed by atoms with Crippen LogP contribution in [0.15, 0.2) is 0 Å². The molecule has 7 atom stereocenters. The van der Waals surface area contributed by atoms with Crippen molar-refractivity contribution >= 4 is 0 Å². The van der Waals surface area contributed by atoms with Gasteiger partial charge in [-0.15, -0.1) is 0 Å². The highest BCUT2D eigenvalue weighted by molar-refractivity contribution is 4.94. The lowest BCUT2D eigenvalue weighted by Crippen LogP contribution is -2.44. The summed E-state index contributed by atoms with van der Waals surface area (Å²) in [6.45, 7) is 4.66. The monoisotopic (exact) mass is 334 g/mol. The number of hydrogen-bond donors (Lipinski definition) is 0. The summed E-state index contributed by atoms with van der Waals surface area (Å²) in [4.78, 5) is 0. The van der Waals surface area contributed by atoms with Gasteiger partial charge in [-0.25, -0.2) is 13.2 Å². The first-order valence-corrected chi connectivity index (χ1v) is 9.62. The summed E-state index contributed by atoms with van der Waals surface area (Å²) < 4.78 is 48.9. The first kappa shape index (κ1) is 19.1. The van der Waals surface area contributed by atoms with Gasteiger partial charge in [0.1, 0.15) is 18.5 Å². The number of ether oxygens (including phenoxy) is 1. The summed E-state index contributed by atoms with van der Waals surface area (Å²) in [6, 6.07) is 0. The van der Waals surface area contributed by atoms with Gasteiger partial charge < -0.3 is 4.74 Å². The average molecular weight is 334 g/mol. The van der Waals surface area contributed by atoms with Crippen LogP contribution in [0.2, 0.25) is 0 Å². The highest BCUT2D eigenvalue weighted by atomic mass is 19.2. The number of unbranched alkanes of at least 4 members (excludes halogenated alkanes) is 1. The maximum Gasteiger partial charge on any atom is 0.134 e. The highest BCUT2D eigenvalue weighted by Crippen LogP contribution is 2.44. The van der Waals surface area contributed by atoms with Crippen molar-refractivity contribution in [2.24, 2.45) is 17.8 Å². The first-order valence-electron chi connectivity index (χ1n) is 9.62. The van der Waals surface area contributed by atoms with E-state index in [0.717, 1.165) is 38.5 Å². The van der Waals surface area contributed by atoms with E-state index in [4.69, 9.17) is 4.74 Å². The molecule has 2 rings (SSSR count). The molecule has 2 aliphatic carbocycles. The molecule has 0 bridgehead atoms. The van der Waals surface area contributed by atoms with Crippen molar-refractivity contribution in [2.75, 3.05) is 6.61 Å². The molecular formula is C19H33F3O. The van der Waals surface area contributed by atoms with E-state index >= 15 is 0 Å². The summed E-state index contributed by atoms with van der Waals surface area (Å²) in [5.74, 6) is -0.452. The largest absolute Gasteiger partial charge is 0.375 e. The molecule has 1 nitrogen and oxygen atoms in total. The average Bonchev–Trinajstić information content (AvgIpc) is 2.55. The molecule has 0 aromatic rings. The summed E-state index contributed by atoms with van der Waals surface area (Å²) in [6.07, 6.45) is 2.76. The lowest BCUT2D eigenvalue weighted by molar-refractivity contribution is -0.0657. The molecule has 2 fully saturated rings. The molecule has 4 heteroatoms. The Morgan fingerprint density at radius 2 is 1.70 bits per heavy atom. The molecule has 0 aliphatic heterocycles. The third-order valence-corrected chi connectivity index (χ3v) is 5.86. The van der Waals surface area contributed by atoms with E-state index < -0.39 is 18.5 Å². The van der Waals surface area contributed by atoms with Crippen LogP contribution in [0.1, 0.15) is 71.6 Å². The summed E-state index contributed by atoms with van der Waals surface area (Å²) in [5, 5.41) is 0. The van der Waals surface area contributed by atoms with Crippen molar-refractivity contribution in [2.45, 2.75) is 96.3 Å². The van der Waals surface area contributed by atoms with Crippen molar-refractivity contribution in [1.29, 1.82) is 0 Å². The second kappa shape index (κ2) is 9.29. The maximum atomic E-state index is 14.6. The molecule has 0 aromatic carbocycles. The zero-order valence-corrected chi connectivity index (χ0v) is 14.7. The van der Waals surface area contributed by atoms with Crippen LogP contribution in [-0.2, 0) is 4.74 Å². The Bertz CT molecular complexity index is 339. The Morgan fingerprint density at radius 1 is 0.913 bits per heavy atom. The molecule has 2 saturated carbocycles. The second-order valence-electron chi connectivity index (χ2n) is 7.53. The van der Waals surface area contributed by atoms with E-state index in [9.17, 15) is 13.2 Å². The van der Waals surface area contributed by atoms with Crippen molar-refractivity contribution in [3.05, 3.63) is 0 Å². The molecule has 0 saturated heterocycles. The lowest BCUT2D eigenvalue weighted by Gasteiger charge is -2.42. The van der Waals surface area contributed by atoms with Gasteiger partial charge in [0.15, 0.2) is 0 Å². The van der Waals surface area contributed by atoms with Gasteiger partial charge in [-0.05, 0) is 62.7 Å². The molecule has 0 N–H and O–H groups in total. The minimum Gasteiger partial charge on any atom is -0.375 e. The molecule has 2 aliphatic rings. The Kier molecular flexibility index (Phi) is 7.71. The molecule has 0 aromatic heterocycles. The minimum absolute atomic E-state index is 0.0214. The van der Waals surface area contributed by atoms with Gasteiger partial charge in [0.2, 0.25) is 0 Å². The molecule has 0 spiro atoms. The standard InChI is InChI=1S/C19H33F3O/c1-3-5-6-13-7-9-15(19(22)18(13)21)14-8-10-17(16(20)12-14)23-11-4-2/h13-19H,3-12H2,1-2H3. The number of rotatable bonds is 7. The predicted octanol–water partition coefficient (Wildman–Crippen LogP) is 5.81. The van der Waals surface area contributed by atoms with Gasteiger partial charge in [0, 0.05) is 6.61 Å². The first-order chi connectivity index (χ1) is 11.1. The van der Waals surface area contributed by atoms with Crippen LogP contribution in [-0.4, -0.2) is 31.2 Å². The molecule has 136 valence electrons. The fourth-order valence-corrected chi connectivity index (χ4v) is 4.45. The molecule has 0 heterocycles. The third kappa shape index (κ3) is 4.87. The molecule has 7 unspecified atom stereocenters. The van der Waals surface area contributed by atoms with Crippen molar-refractivity contribution in [3.8, 4) is 0 Å². The third-order valence-electron chi connectivity index (χ3n) is 5.86. The summed E-state index contributed by atoms with van der Waals surface area (Å²) in [7, 11) is 0. The fourth-order valence-electron chi connectivity index (χ4n) is 4.45. The number of alkyl halides is 3. The fraction of sp³-hybridized carbons (Fsp3) is 1.00. The summed E-state index contributed by atoms with van der Waals surface area (Å²) in [5.41, 5.74) is 0. The topological polar surface area (TPSA) is 9.23 Å². The maximum absolute atomic E-state index is 14.6. The zero-order valence-electron chi connectivity index (χ0n) is 14.7. The van der Waals surface area contributed by atoms with Crippen LogP contribution in [0.4, 0.5) is 13.2 Å². The minimum atomic E-state index is -1.41. The van der Waals surface area contributed by atoms with Gasteiger partial charge in [-0.2, -0.15) is 0 Å². The van der Waals surface area contributed by atoms with Crippen molar-refractivity contribution in [3.63, 3.8) is 0 Å². The normalized spacial score (nSPS) is 41.9. The Morgan fingerprint density at radius 3 is 2.35 bits per heavy atom. The van der Waals surface area contributed by atoms with E-state index in [1.165, 1.54) is 0 Å². The van der Waals surface area contributed by atoms with E-state index in [1.807, 2.05) is 6.92 Å². The molecule has 0 radical (unpaired) electrons. The quantitative estimate of drug-likeness (QED) is 0.570. The Hall–Kier alpha value is -0.250. The molecular weight excluding hydrogens is 301 g/mol. The number of hydrogen-bond acceptors (Lipinski definition) is 1. The van der Waals surface area contributed by atoms with Gasteiger partial charge in [0.25, 0.3) is 0 Å². The van der Waals surface area contributed by atoms with Gasteiger partial charge in [0.05, 0.1) is 6.10 Å². The number of halogens is 3. The van der Waals surface area contributed by atoms with Crippen LogP contribution in [0, 0.1) is 17.8 Å². The molecule has 23 heavy (non-hydrogen) atoms. The Balaban J connectivity index is 1.86. The SMILES string of the molecule is CCCCC1CCC(C2CCC(OCCC)C(F)C2)C(F)C1F. The van der Waals surface area contributed by atoms with E-state index in [1.54, 1.807) is 0 Å². The predicted molar refractivity (Wildman–Crippen MR) is 87.8 cm³/mol. The van der Waals surface area contributed by atoms with Gasteiger partial charge in [-0.1, -0.05) is 26.7 Å². The smallest absolute Gasteiger partial charge is 0.134 e. The van der Waals surface area contributed by atoms with Crippen LogP contribution in [0.3, 0.4) is 0 Å². The zero-order chi connectivity index (χ0) is 16.8. The van der Waals surface area contributed by atoms with Crippen LogP contribution in [0.25, 0.3) is 0 Å². The second-order valence-corrected chi connectivity index (χ2v) is 7.53. The van der Waals surface area contributed by atoms with E-state index in [-0.39, 0.29) is 23.9 Å². The van der Waals surface area contributed by atoms with E-state index in [2.05, 4.69) is 6.92 Å². The highest BCUT2D eigenvalue weighted by Gasteiger charge is 2.45. The van der Waals surface area contributed by atoms with Crippen molar-refractivity contribution in [1.82, 2.24) is 0 Å². The van der Waals surface area contributed by atoms with Crippen molar-refractivity contribution < 1.29 is 17.9 Å². The lowest BCUT2D eigenvalue weighted by atomic mass is 9.68. The van der Waals surface area contributed by atoms with E-state index in [0.29, 0.717) is 25.9 Å². The van der Waals surface area contributed by atoms with Gasteiger partial charge in [-0.3, -0.25) is 0 Å². The van der Waals surface area contributed by atoms with Crippen LogP contribution < -0.4 is 0 Å². The Labute approximate surface area is 139 Å².